The van der Waals surface area contributed by atoms with Crippen molar-refractivity contribution in [2.45, 2.75) is 6.61 Å². The van der Waals surface area contributed by atoms with E-state index in [-0.39, 0.29) is 5.91 Å². The Hall–Kier alpha value is -2.73. The Balaban J connectivity index is 1.48. The summed E-state index contributed by atoms with van der Waals surface area (Å²) in [6.45, 7) is 0.342. The smallest absolute Gasteiger partial charge is 0.256 e. The first-order chi connectivity index (χ1) is 14.0. The third-order valence-corrected chi connectivity index (χ3v) is 5.22. The van der Waals surface area contributed by atoms with Crippen molar-refractivity contribution in [2.75, 3.05) is 5.32 Å². The number of hydrogen-bond acceptors (Lipinski definition) is 3. The average Bonchev–Trinajstić information content (AvgIpc) is 3.11. The van der Waals surface area contributed by atoms with Crippen LogP contribution in [0.1, 0.15) is 15.9 Å². The molecule has 8 heteroatoms. The summed E-state index contributed by atoms with van der Waals surface area (Å²) in [5, 5.41) is 12.1. The number of aromatic nitrogens is 2. The average molecular weight is 447 g/mol. The number of ether oxygens (including phenoxy) is 1. The molecule has 0 aliphatic heterocycles. The number of halogens is 3. The molecule has 0 unspecified atom stereocenters. The molecule has 29 heavy (non-hydrogen) atoms. The molecule has 0 bridgehead atoms. The van der Waals surface area contributed by atoms with Gasteiger partial charge in [-0.2, -0.15) is 5.10 Å². The van der Waals surface area contributed by atoms with Crippen LogP contribution in [-0.2, 0) is 6.61 Å². The summed E-state index contributed by atoms with van der Waals surface area (Å²) in [5.74, 6) is 0.793. The molecule has 0 atom stereocenters. The van der Waals surface area contributed by atoms with Gasteiger partial charge >= 0.3 is 0 Å². The minimum absolute atomic E-state index is 0.291. The molecule has 0 spiro atoms. The monoisotopic (exact) mass is 445 g/mol. The van der Waals surface area contributed by atoms with Gasteiger partial charge in [0.25, 0.3) is 5.91 Å². The minimum atomic E-state index is -0.291. The maximum atomic E-state index is 12.4. The van der Waals surface area contributed by atoms with E-state index in [1.807, 2.05) is 24.3 Å². The van der Waals surface area contributed by atoms with Crippen LogP contribution in [0.15, 0.2) is 60.7 Å². The van der Waals surface area contributed by atoms with Gasteiger partial charge in [-0.1, -0.05) is 46.9 Å². The van der Waals surface area contributed by atoms with Crippen molar-refractivity contribution in [3.05, 3.63) is 86.9 Å². The Morgan fingerprint density at radius 3 is 2.66 bits per heavy atom. The molecule has 0 fully saturated rings. The summed E-state index contributed by atoms with van der Waals surface area (Å²) in [6.07, 6.45) is 0. The Morgan fingerprint density at radius 1 is 1.00 bits per heavy atom. The normalized spacial score (nSPS) is 10.9. The fourth-order valence-electron chi connectivity index (χ4n) is 2.79. The predicted molar refractivity (Wildman–Crippen MR) is 116 cm³/mol. The fraction of sp³-hybridized carbons (Fsp3) is 0.0476. The van der Waals surface area contributed by atoms with E-state index in [1.165, 1.54) is 0 Å². The molecule has 1 heterocycles. The van der Waals surface area contributed by atoms with Gasteiger partial charge in [0.05, 0.1) is 15.6 Å². The van der Waals surface area contributed by atoms with E-state index < -0.39 is 0 Å². The summed E-state index contributed by atoms with van der Waals surface area (Å²) < 4.78 is 5.82. The third-order valence-electron chi connectivity index (χ3n) is 4.24. The highest BCUT2D eigenvalue weighted by atomic mass is 35.5. The number of hydrogen-bond donors (Lipinski definition) is 2. The van der Waals surface area contributed by atoms with Crippen LogP contribution in [0, 0.1) is 0 Å². The van der Waals surface area contributed by atoms with Crippen molar-refractivity contribution in [3.8, 4) is 5.75 Å². The van der Waals surface area contributed by atoms with Crippen molar-refractivity contribution in [1.82, 2.24) is 10.2 Å². The molecule has 0 aliphatic carbocycles. The zero-order valence-corrected chi connectivity index (χ0v) is 17.1. The summed E-state index contributed by atoms with van der Waals surface area (Å²) in [4.78, 5) is 12.4. The van der Waals surface area contributed by atoms with Crippen LogP contribution in [-0.4, -0.2) is 16.1 Å². The first-order valence-electron chi connectivity index (χ1n) is 8.61. The second-order valence-corrected chi connectivity index (χ2v) is 7.53. The standard InChI is InChI=1S/C21H14Cl3N3O2/c22-14-3-1-2-13(9-14)21(28)25-20-16-6-5-15(10-19(16)26-27-20)29-11-12-4-7-17(23)18(24)8-12/h1-10H,11H2,(H2,25,26,27,28). The molecule has 1 amide bonds. The lowest BCUT2D eigenvalue weighted by Gasteiger charge is -2.07. The van der Waals surface area contributed by atoms with E-state index in [0.29, 0.717) is 38.8 Å². The van der Waals surface area contributed by atoms with Crippen LogP contribution in [0.2, 0.25) is 15.1 Å². The molecule has 0 saturated heterocycles. The number of amides is 1. The maximum absolute atomic E-state index is 12.4. The maximum Gasteiger partial charge on any atom is 0.256 e. The van der Waals surface area contributed by atoms with Gasteiger partial charge in [0, 0.05) is 22.0 Å². The highest BCUT2D eigenvalue weighted by Gasteiger charge is 2.12. The van der Waals surface area contributed by atoms with E-state index in [9.17, 15) is 4.79 Å². The van der Waals surface area contributed by atoms with Gasteiger partial charge in [-0.05, 0) is 48.0 Å². The van der Waals surface area contributed by atoms with Crippen LogP contribution >= 0.6 is 34.8 Å². The Bertz CT molecular complexity index is 1210. The molecular formula is C21H14Cl3N3O2. The molecular weight excluding hydrogens is 433 g/mol. The highest BCUT2D eigenvalue weighted by Crippen LogP contribution is 2.27. The summed E-state index contributed by atoms with van der Waals surface area (Å²) in [6, 6.07) is 17.5. The lowest BCUT2D eigenvalue weighted by Crippen LogP contribution is -2.12. The van der Waals surface area contributed by atoms with E-state index in [1.54, 1.807) is 36.4 Å². The Morgan fingerprint density at radius 2 is 1.86 bits per heavy atom. The zero-order valence-electron chi connectivity index (χ0n) is 14.9. The quantitative estimate of drug-likeness (QED) is 0.375. The molecule has 4 aromatic rings. The van der Waals surface area contributed by atoms with Gasteiger partial charge in [-0.25, -0.2) is 0 Å². The zero-order chi connectivity index (χ0) is 20.4. The van der Waals surface area contributed by atoms with Crippen molar-refractivity contribution in [1.29, 1.82) is 0 Å². The van der Waals surface area contributed by atoms with Crippen LogP contribution in [0.4, 0.5) is 5.82 Å². The Kier molecular flexibility index (Phi) is 5.62. The first-order valence-corrected chi connectivity index (χ1v) is 9.75. The number of H-pyrrole nitrogens is 1. The molecule has 0 radical (unpaired) electrons. The van der Waals surface area contributed by atoms with Gasteiger partial charge in [0.2, 0.25) is 0 Å². The number of benzene rings is 3. The van der Waals surface area contributed by atoms with Gasteiger partial charge in [-0.3, -0.25) is 9.89 Å². The van der Waals surface area contributed by atoms with Gasteiger partial charge < -0.3 is 10.1 Å². The number of rotatable bonds is 5. The molecule has 0 aliphatic rings. The number of fused-ring (bicyclic) bond motifs is 1. The Labute approximate surface area is 181 Å². The summed E-state index contributed by atoms with van der Waals surface area (Å²) in [7, 11) is 0. The third kappa shape index (κ3) is 4.48. The number of aromatic amines is 1. The first kappa shape index (κ1) is 19.6. The van der Waals surface area contributed by atoms with Crippen LogP contribution in [0.5, 0.6) is 5.75 Å². The molecule has 1 aromatic heterocycles. The summed E-state index contributed by atoms with van der Waals surface area (Å²) >= 11 is 17.9. The van der Waals surface area contributed by atoms with Gasteiger partial charge in [0.1, 0.15) is 12.4 Å². The number of anilines is 1. The second kappa shape index (κ2) is 8.33. The minimum Gasteiger partial charge on any atom is -0.489 e. The molecule has 5 nitrogen and oxygen atoms in total. The van der Waals surface area contributed by atoms with Crippen molar-refractivity contribution in [3.63, 3.8) is 0 Å². The molecule has 4 rings (SSSR count). The van der Waals surface area contributed by atoms with E-state index >= 15 is 0 Å². The van der Waals surface area contributed by atoms with Crippen LogP contribution < -0.4 is 10.1 Å². The van der Waals surface area contributed by atoms with E-state index in [4.69, 9.17) is 39.5 Å². The second-order valence-electron chi connectivity index (χ2n) is 6.28. The van der Waals surface area contributed by atoms with Gasteiger partial charge in [0.15, 0.2) is 5.82 Å². The molecule has 146 valence electrons. The lowest BCUT2D eigenvalue weighted by molar-refractivity contribution is 0.102. The highest BCUT2D eigenvalue weighted by molar-refractivity contribution is 6.42. The number of nitrogens with one attached hydrogen (secondary N) is 2. The summed E-state index contributed by atoms with van der Waals surface area (Å²) in [5.41, 5.74) is 2.09. The largest absolute Gasteiger partial charge is 0.489 e. The molecule has 3 aromatic carbocycles. The lowest BCUT2D eigenvalue weighted by atomic mass is 10.2. The van der Waals surface area contributed by atoms with Crippen molar-refractivity contribution in [2.24, 2.45) is 0 Å². The van der Waals surface area contributed by atoms with Crippen LogP contribution in [0.3, 0.4) is 0 Å². The topological polar surface area (TPSA) is 67.0 Å². The number of carbonyl (C=O) groups is 1. The van der Waals surface area contributed by atoms with Crippen molar-refractivity contribution >= 4 is 57.4 Å². The predicted octanol–water partition coefficient (Wildman–Crippen LogP) is 6.35. The molecule has 0 saturated carbocycles. The van der Waals surface area contributed by atoms with E-state index in [2.05, 4.69) is 15.5 Å². The SMILES string of the molecule is O=C(Nc1n[nH]c2cc(OCc3ccc(Cl)c(Cl)c3)ccc12)c1cccc(Cl)c1. The number of carbonyl (C=O) groups excluding carboxylic acids is 1. The van der Waals surface area contributed by atoms with E-state index in [0.717, 1.165) is 16.5 Å². The number of nitrogens with zero attached hydrogens (tertiary/aromatic N) is 1. The van der Waals surface area contributed by atoms with Crippen LogP contribution in [0.25, 0.3) is 10.9 Å². The van der Waals surface area contributed by atoms with Crippen molar-refractivity contribution < 1.29 is 9.53 Å². The fourth-order valence-corrected chi connectivity index (χ4v) is 3.30. The van der Waals surface area contributed by atoms with Gasteiger partial charge in [-0.15, -0.1) is 0 Å². The molecule has 2 N–H and O–H groups in total.